The Morgan fingerprint density at radius 1 is 1.38 bits per heavy atom. The van der Waals surface area contributed by atoms with Crippen LogP contribution in [0, 0.1) is 0 Å². The fourth-order valence-corrected chi connectivity index (χ4v) is 3.42. The van der Waals surface area contributed by atoms with Crippen LogP contribution in [0.1, 0.15) is 31.9 Å². The van der Waals surface area contributed by atoms with Gasteiger partial charge in [-0.1, -0.05) is 31.5 Å². The summed E-state index contributed by atoms with van der Waals surface area (Å²) in [6.45, 7) is 9.26. The Balaban J connectivity index is 2.15. The maximum Gasteiger partial charge on any atom is 0.134 e. The standard InChI is InChI=1S/C16H26ClN3O/c1-3-13-11-20(8-7-19(13)4-2)15(10-18)12-5-6-16(21)14(17)9-12/h5-6,9,13,15,21H,3-4,7-8,10-11,18H2,1-2H3. The Hall–Kier alpha value is -0.810. The van der Waals surface area contributed by atoms with Crippen LogP contribution in [0.4, 0.5) is 0 Å². The Bertz CT molecular complexity index is 469. The van der Waals surface area contributed by atoms with Crippen LogP contribution in [0.3, 0.4) is 0 Å². The van der Waals surface area contributed by atoms with E-state index in [-0.39, 0.29) is 11.8 Å². The number of nitrogens with two attached hydrogens (primary N) is 1. The molecule has 0 radical (unpaired) electrons. The van der Waals surface area contributed by atoms with E-state index in [9.17, 15) is 5.11 Å². The van der Waals surface area contributed by atoms with Gasteiger partial charge >= 0.3 is 0 Å². The SMILES string of the molecule is CCC1CN(C(CN)c2ccc(O)c(Cl)c2)CCN1CC. The molecule has 0 aliphatic carbocycles. The van der Waals surface area contributed by atoms with Crippen LogP contribution in [-0.4, -0.2) is 53.7 Å². The number of likely N-dealkylation sites (N-methyl/N-ethyl adjacent to an activating group) is 1. The van der Waals surface area contributed by atoms with Crippen LogP contribution >= 0.6 is 11.6 Å². The Morgan fingerprint density at radius 2 is 2.14 bits per heavy atom. The fraction of sp³-hybridized carbons (Fsp3) is 0.625. The lowest BCUT2D eigenvalue weighted by Gasteiger charge is -2.44. The Kier molecular flexibility index (Phi) is 5.88. The summed E-state index contributed by atoms with van der Waals surface area (Å²) in [5.41, 5.74) is 7.10. The van der Waals surface area contributed by atoms with Crippen molar-refractivity contribution in [2.45, 2.75) is 32.4 Å². The molecule has 1 saturated heterocycles. The largest absolute Gasteiger partial charge is 0.506 e. The van der Waals surface area contributed by atoms with Gasteiger partial charge in [-0.15, -0.1) is 0 Å². The average molecular weight is 312 g/mol. The molecule has 4 nitrogen and oxygen atoms in total. The predicted octanol–water partition coefficient (Wildman–Crippen LogP) is 2.46. The van der Waals surface area contributed by atoms with Crippen LogP contribution in [0.5, 0.6) is 5.75 Å². The quantitative estimate of drug-likeness (QED) is 0.877. The highest BCUT2D eigenvalue weighted by molar-refractivity contribution is 6.32. The Labute approximate surface area is 132 Å². The lowest BCUT2D eigenvalue weighted by atomic mass is 10.0. The van der Waals surface area contributed by atoms with Gasteiger partial charge in [0.15, 0.2) is 0 Å². The van der Waals surface area contributed by atoms with E-state index in [1.807, 2.05) is 12.1 Å². The molecule has 1 heterocycles. The molecule has 1 aromatic rings. The summed E-state index contributed by atoms with van der Waals surface area (Å²) in [5.74, 6) is 0.124. The molecule has 1 aromatic carbocycles. The molecule has 1 fully saturated rings. The highest BCUT2D eigenvalue weighted by atomic mass is 35.5. The monoisotopic (exact) mass is 311 g/mol. The van der Waals surface area contributed by atoms with Gasteiger partial charge in [-0.3, -0.25) is 9.80 Å². The van der Waals surface area contributed by atoms with Crippen molar-refractivity contribution in [1.29, 1.82) is 0 Å². The van der Waals surface area contributed by atoms with Crippen LogP contribution in [0.2, 0.25) is 5.02 Å². The van der Waals surface area contributed by atoms with Crippen molar-refractivity contribution in [3.63, 3.8) is 0 Å². The third-order valence-corrected chi connectivity index (χ3v) is 4.84. The molecular weight excluding hydrogens is 286 g/mol. The first-order valence-electron chi connectivity index (χ1n) is 7.77. The zero-order chi connectivity index (χ0) is 15.4. The second-order valence-corrected chi connectivity index (χ2v) is 6.06. The molecule has 21 heavy (non-hydrogen) atoms. The molecule has 0 amide bonds. The molecular formula is C16H26ClN3O. The van der Waals surface area contributed by atoms with Gasteiger partial charge in [0.2, 0.25) is 0 Å². The molecule has 0 spiro atoms. The molecule has 2 atom stereocenters. The summed E-state index contributed by atoms with van der Waals surface area (Å²) in [5, 5.41) is 9.97. The van der Waals surface area contributed by atoms with E-state index in [2.05, 4.69) is 23.6 Å². The molecule has 118 valence electrons. The van der Waals surface area contributed by atoms with Crippen LogP contribution in [0.15, 0.2) is 18.2 Å². The molecule has 2 rings (SSSR count). The van der Waals surface area contributed by atoms with Gasteiger partial charge in [-0.2, -0.15) is 0 Å². The van der Waals surface area contributed by atoms with Crippen molar-refractivity contribution < 1.29 is 5.11 Å². The van der Waals surface area contributed by atoms with Crippen molar-refractivity contribution >= 4 is 11.6 Å². The third-order valence-electron chi connectivity index (χ3n) is 4.53. The molecule has 5 heteroatoms. The molecule has 0 aromatic heterocycles. The minimum atomic E-state index is 0.124. The van der Waals surface area contributed by atoms with Gasteiger partial charge < -0.3 is 10.8 Å². The Morgan fingerprint density at radius 3 is 2.71 bits per heavy atom. The van der Waals surface area contributed by atoms with Gasteiger partial charge in [0.05, 0.1) is 5.02 Å². The topological polar surface area (TPSA) is 52.7 Å². The number of aromatic hydroxyl groups is 1. The first-order valence-corrected chi connectivity index (χ1v) is 8.15. The third kappa shape index (κ3) is 3.69. The van der Waals surface area contributed by atoms with Crippen molar-refractivity contribution in [3.8, 4) is 5.75 Å². The summed E-state index contributed by atoms with van der Waals surface area (Å²) in [6, 6.07) is 6.16. The highest BCUT2D eigenvalue weighted by Gasteiger charge is 2.29. The first kappa shape index (κ1) is 16.6. The van der Waals surface area contributed by atoms with E-state index in [1.54, 1.807) is 6.07 Å². The lowest BCUT2D eigenvalue weighted by Crippen LogP contribution is -2.54. The normalized spacial score (nSPS) is 22.4. The zero-order valence-electron chi connectivity index (χ0n) is 12.9. The van der Waals surface area contributed by atoms with Crippen molar-refractivity contribution in [2.24, 2.45) is 5.73 Å². The van der Waals surface area contributed by atoms with Gasteiger partial charge in [0.1, 0.15) is 5.75 Å². The predicted molar refractivity (Wildman–Crippen MR) is 87.8 cm³/mol. The van der Waals surface area contributed by atoms with Crippen LogP contribution in [-0.2, 0) is 0 Å². The van der Waals surface area contributed by atoms with Gasteiger partial charge in [0, 0.05) is 38.3 Å². The van der Waals surface area contributed by atoms with E-state index in [4.69, 9.17) is 17.3 Å². The van der Waals surface area contributed by atoms with E-state index in [0.717, 1.165) is 38.2 Å². The van der Waals surface area contributed by atoms with Crippen molar-refractivity contribution in [3.05, 3.63) is 28.8 Å². The van der Waals surface area contributed by atoms with Gasteiger partial charge in [-0.05, 0) is 30.7 Å². The maximum absolute atomic E-state index is 9.57. The highest BCUT2D eigenvalue weighted by Crippen LogP contribution is 2.30. The molecule has 3 N–H and O–H groups in total. The van der Waals surface area contributed by atoms with E-state index in [1.165, 1.54) is 0 Å². The summed E-state index contributed by atoms with van der Waals surface area (Å²) in [4.78, 5) is 4.98. The number of rotatable bonds is 5. The minimum Gasteiger partial charge on any atom is -0.506 e. The fourth-order valence-electron chi connectivity index (χ4n) is 3.23. The number of hydrogen-bond donors (Lipinski definition) is 2. The summed E-state index contributed by atoms with van der Waals surface area (Å²) >= 11 is 6.04. The van der Waals surface area contributed by atoms with E-state index in [0.29, 0.717) is 17.6 Å². The number of benzene rings is 1. The molecule has 1 aliphatic rings. The van der Waals surface area contributed by atoms with Gasteiger partial charge in [0.25, 0.3) is 0 Å². The second kappa shape index (κ2) is 7.45. The molecule has 2 unspecified atom stereocenters. The summed E-state index contributed by atoms with van der Waals surface area (Å²) in [7, 11) is 0. The number of hydrogen-bond acceptors (Lipinski definition) is 4. The second-order valence-electron chi connectivity index (χ2n) is 5.65. The van der Waals surface area contributed by atoms with Crippen molar-refractivity contribution in [1.82, 2.24) is 9.80 Å². The zero-order valence-corrected chi connectivity index (χ0v) is 13.7. The maximum atomic E-state index is 9.57. The number of piperazine rings is 1. The van der Waals surface area contributed by atoms with Crippen LogP contribution in [0.25, 0.3) is 0 Å². The smallest absolute Gasteiger partial charge is 0.134 e. The minimum absolute atomic E-state index is 0.124. The lowest BCUT2D eigenvalue weighted by molar-refractivity contribution is 0.0509. The van der Waals surface area contributed by atoms with Crippen molar-refractivity contribution in [2.75, 3.05) is 32.7 Å². The summed E-state index contributed by atoms with van der Waals surface area (Å²) in [6.07, 6.45) is 1.15. The van der Waals surface area contributed by atoms with Crippen LogP contribution < -0.4 is 5.73 Å². The van der Waals surface area contributed by atoms with E-state index >= 15 is 0 Å². The average Bonchev–Trinajstić information content (AvgIpc) is 2.51. The first-order chi connectivity index (χ1) is 10.1. The molecule has 1 aliphatic heterocycles. The number of phenols is 1. The van der Waals surface area contributed by atoms with Gasteiger partial charge in [-0.25, -0.2) is 0 Å². The molecule has 0 saturated carbocycles. The molecule has 0 bridgehead atoms. The number of phenolic OH excluding ortho intramolecular Hbond substituents is 1. The number of nitrogens with zero attached hydrogens (tertiary/aromatic N) is 2. The van der Waals surface area contributed by atoms with E-state index < -0.39 is 0 Å². The summed E-state index contributed by atoms with van der Waals surface area (Å²) < 4.78 is 0. The number of halogens is 1.